The summed E-state index contributed by atoms with van der Waals surface area (Å²) >= 11 is 0. The van der Waals surface area contributed by atoms with Crippen LogP contribution in [0.3, 0.4) is 0 Å². The van der Waals surface area contributed by atoms with Crippen molar-refractivity contribution in [2.45, 2.75) is 81.0 Å². The molecule has 12 heteroatoms. The lowest BCUT2D eigenvalue weighted by Crippen LogP contribution is -2.59. The van der Waals surface area contributed by atoms with E-state index in [9.17, 15) is 10.2 Å². The largest absolute Gasteiger partial charge is 0.391 e. The van der Waals surface area contributed by atoms with Crippen LogP contribution < -0.4 is 5.73 Å². The molecule has 4 aliphatic rings. The van der Waals surface area contributed by atoms with E-state index in [1.165, 1.54) is 14.2 Å². The minimum absolute atomic E-state index is 0.00658. The first-order chi connectivity index (χ1) is 14.8. The Morgan fingerprint density at radius 3 is 2.42 bits per heavy atom. The van der Waals surface area contributed by atoms with E-state index < -0.39 is 73.1 Å². The van der Waals surface area contributed by atoms with Gasteiger partial charge in [-0.1, -0.05) is 0 Å². The van der Waals surface area contributed by atoms with E-state index in [0.29, 0.717) is 0 Å². The van der Waals surface area contributed by atoms with Gasteiger partial charge in [-0.15, -0.1) is 0 Å². The zero-order chi connectivity index (χ0) is 22.3. The summed E-state index contributed by atoms with van der Waals surface area (Å²) in [5.41, 5.74) is 6.37. The second kappa shape index (κ2) is 9.41. The van der Waals surface area contributed by atoms with Gasteiger partial charge in [0.2, 0.25) is 0 Å². The molecule has 4 aliphatic heterocycles. The highest BCUT2D eigenvalue weighted by Gasteiger charge is 2.62. The molecule has 0 aromatic heterocycles. The zero-order valence-corrected chi connectivity index (χ0v) is 18.1. The molecule has 4 fully saturated rings. The van der Waals surface area contributed by atoms with Crippen molar-refractivity contribution in [3.8, 4) is 0 Å². The summed E-state index contributed by atoms with van der Waals surface area (Å²) in [6, 6.07) is -0.960. The smallest absolute Gasteiger partial charge is 0.190 e. The number of methoxy groups -OCH3 is 2. The molecule has 0 aliphatic carbocycles. The Morgan fingerprint density at radius 2 is 1.74 bits per heavy atom. The van der Waals surface area contributed by atoms with Crippen molar-refractivity contribution in [2.75, 3.05) is 34.4 Å². The minimum Gasteiger partial charge on any atom is -0.391 e. The lowest BCUT2D eigenvalue weighted by atomic mass is 9.82. The van der Waals surface area contributed by atoms with Crippen LogP contribution in [0.5, 0.6) is 0 Å². The van der Waals surface area contributed by atoms with Crippen molar-refractivity contribution in [3.05, 3.63) is 0 Å². The summed E-state index contributed by atoms with van der Waals surface area (Å²) in [7, 11) is 3.02. The van der Waals surface area contributed by atoms with Gasteiger partial charge in [0.15, 0.2) is 18.4 Å². The highest BCUT2D eigenvalue weighted by molar-refractivity contribution is 5.06. The third-order valence-electron chi connectivity index (χ3n) is 6.08. The average Bonchev–Trinajstić information content (AvgIpc) is 3.44. The molecule has 4 heterocycles. The second-order valence-corrected chi connectivity index (χ2v) is 8.66. The van der Waals surface area contributed by atoms with E-state index in [-0.39, 0.29) is 20.2 Å². The summed E-state index contributed by atoms with van der Waals surface area (Å²) in [6.45, 7) is 3.79. The molecule has 180 valence electrons. The van der Waals surface area contributed by atoms with Gasteiger partial charge in [-0.2, -0.15) is 0 Å². The van der Waals surface area contributed by atoms with Gasteiger partial charge in [0.25, 0.3) is 0 Å². The number of aliphatic hydroxyl groups excluding tert-OH is 2. The summed E-state index contributed by atoms with van der Waals surface area (Å²) in [5, 5.41) is 21.9. The number of ether oxygens (including phenoxy) is 9. The number of aliphatic hydroxyl groups is 2. The Kier molecular flexibility index (Phi) is 7.18. The van der Waals surface area contributed by atoms with Crippen molar-refractivity contribution in [1.82, 2.24) is 0 Å². The van der Waals surface area contributed by atoms with Gasteiger partial charge in [0.05, 0.1) is 24.9 Å². The minimum atomic E-state index is -1.14. The Bertz CT molecular complexity index is 609. The summed E-state index contributed by atoms with van der Waals surface area (Å²) in [4.78, 5) is 0. The highest BCUT2D eigenvalue weighted by atomic mass is 16.8. The number of fused-ring (bicyclic) bond motifs is 3. The first-order valence-corrected chi connectivity index (χ1v) is 10.4. The van der Waals surface area contributed by atoms with E-state index >= 15 is 0 Å². The molecule has 4 saturated heterocycles. The van der Waals surface area contributed by atoms with Crippen LogP contribution in [0.1, 0.15) is 13.8 Å². The Hall–Kier alpha value is -0.480. The molecule has 2 bridgehead atoms. The van der Waals surface area contributed by atoms with Crippen LogP contribution in [0.2, 0.25) is 0 Å². The molecule has 0 aromatic rings. The molecule has 0 unspecified atom stereocenters. The van der Waals surface area contributed by atoms with E-state index in [4.69, 9.17) is 48.4 Å². The predicted molar refractivity (Wildman–Crippen MR) is 100 cm³/mol. The van der Waals surface area contributed by atoms with Gasteiger partial charge in [0.1, 0.15) is 44.1 Å². The van der Waals surface area contributed by atoms with Crippen molar-refractivity contribution < 1.29 is 52.8 Å². The van der Waals surface area contributed by atoms with Crippen molar-refractivity contribution in [1.29, 1.82) is 0 Å². The molecule has 0 amide bonds. The molecule has 11 atom stereocenters. The molecular formula is C19H33NO11. The molecule has 12 nitrogen and oxygen atoms in total. The maximum Gasteiger partial charge on any atom is 0.190 e. The van der Waals surface area contributed by atoms with Gasteiger partial charge in [-0.05, 0) is 13.8 Å². The maximum atomic E-state index is 11.2. The van der Waals surface area contributed by atoms with E-state index in [2.05, 4.69) is 0 Å². The molecular weight excluding hydrogens is 418 g/mol. The first-order valence-electron chi connectivity index (χ1n) is 10.4. The molecule has 0 saturated carbocycles. The maximum absolute atomic E-state index is 11.2. The summed E-state index contributed by atoms with van der Waals surface area (Å²) < 4.78 is 50.0. The third-order valence-corrected chi connectivity index (χ3v) is 6.08. The van der Waals surface area contributed by atoms with Crippen LogP contribution in [0.25, 0.3) is 0 Å². The van der Waals surface area contributed by atoms with E-state index in [1.807, 2.05) is 0 Å². The van der Waals surface area contributed by atoms with E-state index in [0.717, 1.165) is 0 Å². The lowest BCUT2D eigenvalue weighted by Gasteiger charge is -2.38. The standard InChI is InChI=1S/C19H33NO11/c1-19(2)30-16-12(22)15(29-18(16)31-19)10(20)11(21)9-13-8(5-25-6-23-3)27-17(28-13)14(9)26-7-24-4/h8-18,21-22H,5-7,20H2,1-4H3/t8-,9+,10+,11+,12-,13+,14-,15+,16+,17+,18+/m1/s1. The Labute approximate surface area is 180 Å². The topological polar surface area (TPSA) is 150 Å². The van der Waals surface area contributed by atoms with Crippen molar-refractivity contribution in [2.24, 2.45) is 11.7 Å². The molecule has 4 N–H and O–H groups in total. The second-order valence-electron chi connectivity index (χ2n) is 8.66. The Balaban J connectivity index is 1.45. The monoisotopic (exact) mass is 451 g/mol. The van der Waals surface area contributed by atoms with Crippen LogP contribution >= 0.6 is 0 Å². The molecule has 31 heavy (non-hydrogen) atoms. The van der Waals surface area contributed by atoms with Gasteiger partial charge in [0, 0.05) is 20.1 Å². The predicted octanol–water partition coefficient (Wildman–Crippen LogP) is -1.74. The van der Waals surface area contributed by atoms with Crippen molar-refractivity contribution in [3.63, 3.8) is 0 Å². The molecule has 0 spiro atoms. The highest BCUT2D eigenvalue weighted by Crippen LogP contribution is 2.44. The zero-order valence-electron chi connectivity index (χ0n) is 18.1. The van der Waals surface area contributed by atoms with Crippen LogP contribution in [0.15, 0.2) is 0 Å². The van der Waals surface area contributed by atoms with Crippen LogP contribution in [0, 0.1) is 5.92 Å². The SMILES string of the molecule is COCOC[C@H]1O[C@H]2O[C@@H]1[C@H]([C@H](O)[C@H](N)[C@@H]1O[C@H]3OC(C)(C)O[C@H]3[C@@H]1O)[C@H]2OCOC. The fourth-order valence-corrected chi connectivity index (χ4v) is 4.78. The van der Waals surface area contributed by atoms with Gasteiger partial charge in [-0.25, -0.2) is 0 Å². The molecule has 4 rings (SSSR count). The van der Waals surface area contributed by atoms with Gasteiger partial charge < -0.3 is 58.6 Å². The third kappa shape index (κ3) is 4.50. The molecule has 0 radical (unpaired) electrons. The molecule has 0 aromatic carbocycles. The van der Waals surface area contributed by atoms with Gasteiger partial charge >= 0.3 is 0 Å². The fourth-order valence-electron chi connectivity index (χ4n) is 4.78. The lowest BCUT2D eigenvalue weighted by molar-refractivity contribution is -0.224. The van der Waals surface area contributed by atoms with Gasteiger partial charge in [-0.3, -0.25) is 0 Å². The number of rotatable bonds is 10. The normalized spacial score (nSPS) is 45.2. The average molecular weight is 451 g/mol. The Morgan fingerprint density at radius 1 is 1.00 bits per heavy atom. The summed E-state index contributed by atoms with van der Waals surface area (Å²) in [6.07, 6.45) is -6.84. The summed E-state index contributed by atoms with van der Waals surface area (Å²) in [5.74, 6) is -1.43. The first kappa shape index (κ1) is 23.7. The quantitative estimate of drug-likeness (QED) is 0.256. The van der Waals surface area contributed by atoms with Crippen LogP contribution in [-0.2, 0) is 42.6 Å². The number of nitrogens with two attached hydrogens (primary N) is 1. The fraction of sp³-hybridized carbons (Fsp3) is 1.00. The van der Waals surface area contributed by atoms with Crippen molar-refractivity contribution >= 4 is 0 Å². The number of hydrogen-bond acceptors (Lipinski definition) is 12. The van der Waals surface area contributed by atoms with Crippen LogP contribution in [0.4, 0.5) is 0 Å². The number of hydrogen-bond donors (Lipinski definition) is 3. The van der Waals surface area contributed by atoms with E-state index in [1.54, 1.807) is 13.8 Å². The van der Waals surface area contributed by atoms with Crippen LogP contribution in [-0.4, -0.2) is 112 Å².